The number of hydrogen-bond donors (Lipinski definition) is 0. The minimum atomic E-state index is -0.741. The Balaban J connectivity index is 2.56. The fraction of sp³-hybridized carbons (Fsp3) is 0.167. The number of para-hydroxylation sites is 1. The second kappa shape index (κ2) is 7.66. The number of rotatable bonds is 1. The van der Waals surface area contributed by atoms with Gasteiger partial charge in [-0.25, -0.2) is 14.6 Å². The fourth-order valence-corrected chi connectivity index (χ4v) is 1.90. The second-order valence-corrected chi connectivity index (χ2v) is 4.50. The van der Waals surface area contributed by atoms with Crippen LogP contribution in [0.2, 0.25) is 0 Å². The van der Waals surface area contributed by atoms with Crippen molar-refractivity contribution < 1.29 is 23.8 Å². The van der Waals surface area contributed by atoms with Crippen molar-refractivity contribution in [2.24, 2.45) is 0 Å². The lowest BCUT2D eigenvalue weighted by Gasteiger charge is -2.08. The minimum absolute atomic E-state index is 0.0963. The van der Waals surface area contributed by atoms with Crippen LogP contribution in [0.25, 0.3) is 10.9 Å². The molecular weight excluding hydrogens is 310 g/mol. The number of pyridine rings is 1. The van der Waals surface area contributed by atoms with Crippen LogP contribution in [0, 0.1) is 30.8 Å². The molecule has 6 heteroatoms. The number of hydrogen-bond acceptors (Lipinski definition) is 6. The molecule has 2 rings (SSSR count). The van der Waals surface area contributed by atoms with Gasteiger partial charge < -0.3 is 14.2 Å². The van der Waals surface area contributed by atoms with E-state index in [4.69, 9.17) is 4.74 Å². The lowest BCUT2D eigenvalue weighted by Crippen LogP contribution is -2.00. The maximum atomic E-state index is 11.3. The Labute approximate surface area is 138 Å². The molecule has 0 aliphatic heterocycles. The second-order valence-electron chi connectivity index (χ2n) is 4.50. The van der Waals surface area contributed by atoms with Crippen molar-refractivity contribution in [2.75, 3.05) is 14.2 Å². The number of methoxy groups -OCH3 is 2. The molecule has 0 aliphatic carbocycles. The molecule has 0 fully saturated rings. The number of esters is 2. The van der Waals surface area contributed by atoms with Gasteiger partial charge in [-0.3, -0.25) is 0 Å². The summed E-state index contributed by atoms with van der Waals surface area (Å²) < 4.78 is 14.1. The summed E-state index contributed by atoms with van der Waals surface area (Å²) in [6.45, 7) is 1.83. The van der Waals surface area contributed by atoms with Gasteiger partial charge in [-0.1, -0.05) is 18.2 Å². The molecular formula is C18H13NO5. The molecule has 0 amide bonds. The van der Waals surface area contributed by atoms with Crippen molar-refractivity contribution in [3.05, 3.63) is 35.4 Å². The van der Waals surface area contributed by atoms with Gasteiger partial charge >= 0.3 is 11.9 Å². The van der Waals surface area contributed by atoms with Gasteiger partial charge in [-0.2, -0.15) is 0 Å². The van der Waals surface area contributed by atoms with Crippen LogP contribution in [0.1, 0.15) is 11.1 Å². The highest BCUT2D eigenvalue weighted by atomic mass is 16.5. The van der Waals surface area contributed by atoms with Crippen LogP contribution >= 0.6 is 0 Å². The zero-order valence-corrected chi connectivity index (χ0v) is 13.3. The van der Waals surface area contributed by atoms with Crippen molar-refractivity contribution in [3.8, 4) is 29.7 Å². The van der Waals surface area contributed by atoms with E-state index >= 15 is 0 Å². The molecule has 0 unspecified atom stereocenters. The third-order valence-electron chi connectivity index (χ3n) is 3.08. The van der Waals surface area contributed by atoms with Gasteiger partial charge in [0.25, 0.3) is 0 Å². The zero-order valence-electron chi connectivity index (χ0n) is 13.3. The summed E-state index contributed by atoms with van der Waals surface area (Å²) in [5.74, 6) is 5.82. The van der Waals surface area contributed by atoms with Crippen LogP contribution < -0.4 is 4.74 Å². The molecule has 0 bridgehead atoms. The lowest BCUT2D eigenvalue weighted by molar-refractivity contribution is -0.134. The third-order valence-corrected chi connectivity index (χ3v) is 3.08. The normalized spacial score (nSPS) is 9.12. The van der Waals surface area contributed by atoms with Gasteiger partial charge in [0.1, 0.15) is 6.11 Å². The molecule has 0 saturated heterocycles. The average molecular weight is 323 g/mol. The van der Waals surface area contributed by atoms with Gasteiger partial charge in [-0.05, 0) is 24.5 Å². The SMILES string of the molecule is COC(=O)C#COc1nc2ccccc2c(C)c1C#CC(=O)OC. The zero-order chi connectivity index (χ0) is 17.5. The fourth-order valence-electron chi connectivity index (χ4n) is 1.90. The van der Waals surface area contributed by atoms with Crippen LogP contribution in [0.4, 0.5) is 0 Å². The highest BCUT2D eigenvalue weighted by Gasteiger charge is 2.12. The molecule has 1 heterocycles. The van der Waals surface area contributed by atoms with Crippen LogP contribution in [0.15, 0.2) is 24.3 Å². The Morgan fingerprint density at radius 2 is 1.71 bits per heavy atom. The van der Waals surface area contributed by atoms with E-state index in [0.29, 0.717) is 11.1 Å². The van der Waals surface area contributed by atoms with E-state index < -0.39 is 11.9 Å². The molecule has 1 aromatic heterocycles. The topological polar surface area (TPSA) is 74.7 Å². The van der Waals surface area contributed by atoms with E-state index in [-0.39, 0.29) is 5.88 Å². The minimum Gasteiger partial charge on any atom is -0.459 e. The molecule has 0 saturated carbocycles. The molecule has 6 nitrogen and oxygen atoms in total. The van der Waals surface area contributed by atoms with Crippen molar-refractivity contribution in [3.63, 3.8) is 0 Å². The molecule has 0 aliphatic rings. The van der Waals surface area contributed by atoms with Crippen molar-refractivity contribution in [1.29, 1.82) is 0 Å². The monoisotopic (exact) mass is 323 g/mol. The molecule has 1 aromatic carbocycles. The first-order chi connectivity index (χ1) is 11.6. The summed E-state index contributed by atoms with van der Waals surface area (Å²) in [6, 6.07) is 7.38. The van der Waals surface area contributed by atoms with E-state index in [2.05, 4.69) is 38.3 Å². The first-order valence-electron chi connectivity index (χ1n) is 6.82. The van der Waals surface area contributed by atoms with Gasteiger partial charge in [0.2, 0.25) is 5.88 Å². The summed E-state index contributed by atoms with van der Waals surface area (Å²) in [6.07, 6.45) is 2.22. The highest BCUT2D eigenvalue weighted by Crippen LogP contribution is 2.26. The molecule has 24 heavy (non-hydrogen) atoms. The number of aryl methyl sites for hydroxylation is 1. The van der Waals surface area contributed by atoms with Gasteiger partial charge in [0.05, 0.1) is 31.2 Å². The van der Waals surface area contributed by atoms with E-state index in [1.165, 1.54) is 14.2 Å². The summed E-state index contributed by atoms with van der Waals surface area (Å²) in [5, 5.41) is 0.861. The Morgan fingerprint density at radius 1 is 1.04 bits per heavy atom. The molecule has 0 radical (unpaired) electrons. The molecule has 0 N–H and O–H groups in total. The number of nitrogens with zero attached hydrogens (tertiary/aromatic N) is 1. The Hall–Kier alpha value is -3.51. The number of carbonyl (C=O) groups excluding carboxylic acids is 2. The van der Waals surface area contributed by atoms with Crippen LogP contribution in [0.5, 0.6) is 5.88 Å². The van der Waals surface area contributed by atoms with E-state index in [9.17, 15) is 9.59 Å². The van der Waals surface area contributed by atoms with Crippen LogP contribution in [0.3, 0.4) is 0 Å². The Morgan fingerprint density at radius 3 is 2.42 bits per heavy atom. The summed E-state index contributed by atoms with van der Waals surface area (Å²) in [7, 11) is 2.45. The van der Waals surface area contributed by atoms with E-state index in [0.717, 1.165) is 10.9 Å². The number of benzene rings is 1. The first kappa shape index (κ1) is 16.9. The van der Waals surface area contributed by atoms with Crippen LogP contribution in [-0.2, 0) is 19.1 Å². The largest absolute Gasteiger partial charge is 0.459 e. The van der Waals surface area contributed by atoms with E-state index in [1.54, 1.807) is 6.07 Å². The number of aromatic nitrogens is 1. The lowest BCUT2D eigenvalue weighted by atomic mass is 10.0. The maximum absolute atomic E-state index is 11.3. The number of fused-ring (bicyclic) bond motifs is 1. The summed E-state index contributed by atoms with van der Waals surface area (Å²) in [4.78, 5) is 26.6. The molecule has 120 valence electrons. The maximum Gasteiger partial charge on any atom is 0.387 e. The van der Waals surface area contributed by atoms with Crippen molar-refractivity contribution in [1.82, 2.24) is 4.98 Å². The predicted molar refractivity (Wildman–Crippen MR) is 85.8 cm³/mol. The highest BCUT2D eigenvalue weighted by molar-refractivity contribution is 5.91. The van der Waals surface area contributed by atoms with E-state index in [1.807, 2.05) is 25.1 Å². The summed E-state index contributed by atoms with van der Waals surface area (Å²) in [5.41, 5.74) is 1.83. The van der Waals surface area contributed by atoms with Crippen molar-refractivity contribution >= 4 is 22.8 Å². The Bertz CT molecular complexity index is 925. The Kier molecular flexibility index (Phi) is 5.38. The predicted octanol–water partition coefficient (Wildman–Crippen LogP) is 1.58. The number of carbonyl (C=O) groups is 2. The third kappa shape index (κ3) is 3.82. The smallest absolute Gasteiger partial charge is 0.387 e. The molecule has 2 aromatic rings. The van der Waals surface area contributed by atoms with Gasteiger partial charge in [0.15, 0.2) is 0 Å². The van der Waals surface area contributed by atoms with Gasteiger partial charge in [0, 0.05) is 11.3 Å². The quantitative estimate of drug-likeness (QED) is 0.586. The first-order valence-corrected chi connectivity index (χ1v) is 6.82. The molecule has 0 spiro atoms. The van der Waals surface area contributed by atoms with Crippen LogP contribution in [-0.4, -0.2) is 31.1 Å². The molecule has 0 atom stereocenters. The van der Waals surface area contributed by atoms with Crippen molar-refractivity contribution in [2.45, 2.75) is 6.92 Å². The number of ether oxygens (including phenoxy) is 3. The van der Waals surface area contributed by atoms with Gasteiger partial charge in [-0.15, -0.1) is 0 Å². The average Bonchev–Trinajstić information content (AvgIpc) is 2.60. The standard InChI is InChI=1S/C18H13NO5/c1-12-13-6-4-5-7-15(13)19-18(24-11-10-17(21)23-3)14(12)8-9-16(20)22-2/h4-7H,1-3H3. The summed E-state index contributed by atoms with van der Waals surface area (Å²) >= 11 is 0.